The zero-order valence-corrected chi connectivity index (χ0v) is 19.6. The van der Waals surface area contributed by atoms with E-state index in [2.05, 4.69) is 20.5 Å². The van der Waals surface area contributed by atoms with Gasteiger partial charge in [-0.05, 0) is 45.2 Å². The molecule has 182 valence electrons. The molecule has 3 heterocycles. The minimum absolute atomic E-state index is 0.0266. The first kappa shape index (κ1) is 23.1. The van der Waals surface area contributed by atoms with Crippen LogP contribution in [0.5, 0.6) is 0 Å². The Bertz CT molecular complexity index is 1420. The molecule has 5 rings (SSSR count). The van der Waals surface area contributed by atoms with Crippen LogP contribution >= 0.6 is 0 Å². The number of halogens is 3. The summed E-state index contributed by atoms with van der Waals surface area (Å²) in [5, 5.41) is 11.6. The number of hydrogen-bond donors (Lipinski definition) is 1. The number of alkyl halides is 3. The Balaban J connectivity index is 1.42. The van der Waals surface area contributed by atoms with Crippen LogP contribution in [0.25, 0.3) is 11.0 Å². The molecule has 1 aliphatic rings. The van der Waals surface area contributed by atoms with E-state index in [0.717, 1.165) is 30.2 Å². The lowest BCUT2D eigenvalue weighted by molar-refractivity contribution is -0.136. The maximum absolute atomic E-state index is 13.8. The predicted octanol–water partition coefficient (Wildman–Crippen LogP) is 5.14. The van der Waals surface area contributed by atoms with Crippen molar-refractivity contribution < 1.29 is 18.0 Å². The van der Waals surface area contributed by atoms with Crippen molar-refractivity contribution in [1.82, 2.24) is 24.5 Å². The van der Waals surface area contributed by atoms with Gasteiger partial charge in [0.2, 0.25) is 5.91 Å². The van der Waals surface area contributed by atoms with E-state index in [1.54, 1.807) is 6.92 Å². The molecule has 1 aromatic carbocycles. The molecule has 4 aromatic rings. The number of aromatic nitrogens is 5. The first-order chi connectivity index (χ1) is 16.6. The van der Waals surface area contributed by atoms with E-state index in [-0.39, 0.29) is 29.2 Å². The molecular formula is C25H25F3N6O. The second-order valence-corrected chi connectivity index (χ2v) is 9.05. The smallest absolute Gasteiger partial charge is 0.321 e. The molecule has 0 unspecified atom stereocenters. The molecule has 35 heavy (non-hydrogen) atoms. The molecule has 0 bridgehead atoms. The van der Waals surface area contributed by atoms with Crippen molar-refractivity contribution in [1.29, 1.82) is 0 Å². The van der Waals surface area contributed by atoms with Gasteiger partial charge in [0.1, 0.15) is 6.54 Å². The van der Waals surface area contributed by atoms with Crippen LogP contribution < -0.4 is 5.32 Å². The minimum Gasteiger partial charge on any atom is -0.321 e. The van der Waals surface area contributed by atoms with E-state index < -0.39 is 17.6 Å². The summed E-state index contributed by atoms with van der Waals surface area (Å²) >= 11 is 0. The highest BCUT2D eigenvalue weighted by molar-refractivity contribution is 5.93. The number of fused-ring (bicyclic) bond motifs is 1. The number of nitrogens with zero attached hydrogens (tertiary/aromatic N) is 5. The quantitative estimate of drug-likeness (QED) is 0.413. The van der Waals surface area contributed by atoms with Gasteiger partial charge in [0.15, 0.2) is 5.65 Å². The summed E-state index contributed by atoms with van der Waals surface area (Å²) in [5.74, 6) is -0.384. The van der Waals surface area contributed by atoms with Gasteiger partial charge >= 0.3 is 6.18 Å². The first-order valence-corrected chi connectivity index (χ1v) is 11.4. The van der Waals surface area contributed by atoms with Gasteiger partial charge in [-0.3, -0.25) is 9.48 Å². The number of rotatable bonds is 6. The van der Waals surface area contributed by atoms with E-state index in [4.69, 9.17) is 0 Å². The van der Waals surface area contributed by atoms with Crippen LogP contribution in [0.15, 0.2) is 36.4 Å². The second-order valence-electron chi connectivity index (χ2n) is 9.05. The van der Waals surface area contributed by atoms with Gasteiger partial charge in [0, 0.05) is 11.6 Å². The Morgan fingerprint density at radius 1 is 1.06 bits per heavy atom. The van der Waals surface area contributed by atoms with Crippen LogP contribution in [0.2, 0.25) is 0 Å². The van der Waals surface area contributed by atoms with Gasteiger partial charge in [-0.1, -0.05) is 30.3 Å². The highest BCUT2D eigenvalue weighted by Gasteiger charge is 2.37. The van der Waals surface area contributed by atoms with Crippen molar-refractivity contribution in [3.05, 3.63) is 70.3 Å². The monoisotopic (exact) mass is 482 g/mol. The standard InChI is InChI=1S/C25H25F3N6O/c1-14-22-19(25(26,27)28)11-20(18-9-10-18)29-24(22)34(31-14)13-21(35)30-23-15(2)32-33(16(23)3)12-17-7-5-4-6-8-17/h4-8,11,18H,9-10,12-13H2,1-3H3,(H,30,35). The fraction of sp³-hybridized carbons (Fsp3) is 0.360. The third kappa shape index (κ3) is 4.52. The average Bonchev–Trinajstić information content (AvgIpc) is 3.57. The number of carbonyl (C=O) groups is 1. The van der Waals surface area contributed by atoms with Crippen molar-refractivity contribution in [2.24, 2.45) is 0 Å². The molecule has 0 spiro atoms. The number of benzene rings is 1. The van der Waals surface area contributed by atoms with Crippen LogP contribution in [0.4, 0.5) is 18.9 Å². The van der Waals surface area contributed by atoms with Crippen molar-refractivity contribution in [3.8, 4) is 0 Å². The molecule has 0 aliphatic heterocycles. The Kier molecular flexibility index (Phi) is 5.61. The summed E-state index contributed by atoms with van der Waals surface area (Å²) < 4.78 is 44.5. The number of nitrogens with one attached hydrogen (secondary N) is 1. The molecule has 1 fully saturated rings. The largest absolute Gasteiger partial charge is 0.417 e. The van der Waals surface area contributed by atoms with Gasteiger partial charge in [0.05, 0.1) is 40.3 Å². The topological polar surface area (TPSA) is 77.6 Å². The van der Waals surface area contributed by atoms with Crippen molar-refractivity contribution in [2.75, 3.05) is 5.32 Å². The zero-order chi connectivity index (χ0) is 24.9. The Morgan fingerprint density at radius 3 is 2.40 bits per heavy atom. The number of amides is 1. The van der Waals surface area contributed by atoms with E-state index >= 15 is 0 Å². The summed E-state index contributed by atoms with van der Waals surface area (Å²) in [6.45, 7) is 5.47. The summed E-state index contributed by atoms with van der Waals surface area (Å²) in [5.41, 5.74) is 3.04. The molecule has 1 amide bonds. The van der Waals surface area contributed by atoms with Gasteiger partial charge in [-0.25, -0.2) is 9.67 Å². The Morgan fingerprint density at radius 2 is 1.74 bits per heavy atom. The fourth-order valence-corrected chi connectivity index (χ4v) is 4.40. The third-order valence-electron chi connectivity index (χ3n) is 6.31. The van der Waals surface area contributed by atoms with Crippen LogP contribution in [0, 0.1) is 20.8 Å². The molecule has 1 saturated carbocycles. The Labute approximate surface area is 200 Å². The number of carbonyl (C=O) groups excluding carboxylic acids is 1. The summed E-state index contributed by atoms with van der Waals surface area (Å²) in [6, 6.07) is 11.0. The van der Waals surface area contributed by atoms with Crippen LogP contribution in [-0.4, -0.2) is 30.5 Å². The lowest BCUT2D eigenvalue weighted by Crippen LogP contribution is -2.21. The van der Waals surface area contributed by atoms with Gasteiger partial charge in [-0.2, -0.15) is 23.4 Å². The van der Waals surface area contributed by atoms with E-state index in [1.165, 1.54) is 11.6 Å². The number of aryl methyl sites for hydroxylation is 2. The second kappa shape index (κ2) is 8.51. The van der Waals surface area contributed by atoms with E-state index in [1.807, 2.05) is 41.9 Å². The number of anilines is 1. The lowest BCUT2D eigenvalue weighted by atomic mass is 10.1. The van der Waals surface area contributed by atoms with E-state index in [9.17, 15) is 18.0 Å². The van der Waals surface area contributed by atoms with Gasteiger partial charge in [-0.15, -0.1) is 0 Å². The summed E-state index contributed by atoms with van der Waals surface area (Å²) in [7, 11) is 0. The molecule has 1 aliphatic carbocycles. The highest BCUT2D eigenvalue weighted by atomic mass is 19.4. The maximum Gasteiger partial charge on any atom is 0.417 e. The molecule has 0 radical (unpaired) electrons. The van der Waals surface area contributed by atoms with Gasteiger partial charge < -0.3 is 5.32 Å². The zero-order valence-electron chi connectivity index (χ0n) is 19.6. The van der Waals surface area contributed by atoms with E-state index in [0.29, 0.717) is 23.6 Å². The minimum atomic E-state index is -4.53. The molecule has 7 nitrogen and oxygen atoms in total. The number of hydrogen-bond acceptors (Lipinski definition) is 4. The van der Waals surface area contributed by atoms with Crippen molar-refractivity contribution in [2.45, 2.75) is 58.8 Å². The third-order valence-corrected chi connectivity index (χ3v) is 6.31. The van der Waals surface area contributed by atoms with Crippen molar-refractivity contribution in [3.63, 3.8) is 0 Å². The first-order valence-electron chi connectivity index (χ1n) is 11.4. The molecule has 0 saturated heterocycles. The van der Waals surface area contributed by atoms with Crippen LogP contribution in [-0.2, 0) is 24.1 Å². The van der Waals surface area contributed by atoms with Crippen LogP contribution in [0.1, 0.15) is 52.7 Å². The Hall–Kier alpha value is -3.69. The molecular weight excluding hydrogens is 457 g/mol. The highest BCUT2D eigenvalue weighted by Crippen LogP contribution is 2.43. The maximum atomic E-state index is 13.8. The normalized spacial score (nSPS) is 14.0. The molecule has 3 aromatic heterocycles. The van der Waals surface area contributed by atoms with Crippen molar-refractivity contribution >= 4 is 22.6 Å². The fourth-order valence-electron chi connectivity index (χ4n) is 4.40. The summed E-state index contributed by atoms with van der Waals surface area (Å²) in [4.78, 5) is 17.4. The molecule has 10 heteroatoms. The SMILES string of the molecule is Cc1nn(Cc2ccccc2)c(C)c1NC(=O)Cn1nc(C)c2c(C(F)(F)F)cc(C3CC3)nc21. The predicted molar refractivity (Wildman–Crippen MR) is 125 cm³/mol. The average molecular weight is 483 g/mol. The van der Waals surface area contributed by atoms with Gasteiger partial charge in [0.25, 0.3) is 0 Å². The molecule has 1 N–H and O–H groups in total. The lowest BCUT2D eigenvalue weighted by Gasteiger charge is -2.11. The summed E-state index contributed by atoms with van der Waals surface area (Å²) in [6.07, 6.45) is -2.91. The molecule has 0 atom stereocenters. The van der Waals surface area contributed by atoms with Crippen LogP contribution in [0.3, 0.4) is 0 Å². The number of pyridine rings is 1.